The molecule has 0 radical (unpaired) electrons. The molecule has 0 heterocycles. The molecule has 132 valence electrons. The van der Waals surface area contributed by atoms with Crippen LogP contribution in [0.15, 0.2) is 24.3 Å². The Morgan fingerprint density at radius 1 is 0.520 bits per heavy atom. The van der Waals surface area contributed by atoms with Crippen LogP contribution in [-0.4, -0.2) is 40.7 Å². The average Bonchev–Trinajstić information content (AvgIpc) is 2.65. The van der Waals surface area contributed by atoms with Crippen molar-refractivity contribution in [3.05, 3.63) is 24.3 Å². The molecule has 0 aliphatic heterocycles. The zero-order chi connectivity index (χ0) is 18.1. The average molecular weight is 344 g/mol. The lowest BCUT2D eigenvalue weighted by atomic mass is 9.97. The molecule has 3 aromatic carbocycles. The SMILES string of the molecule is COc1ccc(O)c2c(OC)c3c(OC)ccc(OC)c3c(OC)c12. The fraction of sp³-hybridized carbons (Fsp3) is 0.263. The molecule has 6 nitrogen and oxygen atoms in total. The Kier molecular flexibility index (Phi) is 4.35. The predicted octanol–water partition coefficient (Wildman–Crippen LogP) is 3.74. The third-order valence-electron chi connectivity index (χ3n) is 4.25. The predicted molar refractivity (Wildman–Crippen MR) is 95.9 cm³/mol. The number of benzene rings is 3. The van der Waals surface area contributed by atoms with E-state index in [9.17, 15) is 5.11 Å². The first kappa shape index (κ1) is 16.8. The lowest BCUT2D eigenvalue weighted by Gasteiger charge is -2.20. The Bertz CT molecular complexity index is 948. The first-order valence-electron chi connectivity index (χ1n) is 7.61. The monoisotopic (exact) mass is 344 g/mol. The zero-order valence-electron chi connectivity index (χ0n) is 14.8. The van der Waals surface area contributed by atoms with Gasteiger partial charge in [-0.25, -0.2) is 0 Å². The largest absolute Gasteiger partial charge is 0.507 e. The molecule has 3 aromatic rings. The van der Waals surface area contributed by atoms with Gasteiger partial charge in [0.25, 0.3) is 0 Å². The summed E-state index contributed by atoms with van der Waals surface area (Å²) in [5.74, 6) is 2.74. The van der Waals surface area contributed by atoms with Crippen molar-refractivity contribution in [1.29, 1.82) is 0 Å². The summed E-state index contributed by atoms with van der Waals surface area (Å²) in [6, 6.07) is 6.82. The van der Waals surface area contributed by atoms with Crippen molar-refractivity contribution in [2.24, 2.45) is 0 Å². The zero-order valence-corrected chi connectivity index (χ0v) is 14.8. The number of ether oxygens (including phenoxy) is 5. The number of methoxy groups -OCH3 is 5. The standard InChI is InChI=1S/C19H20O6/c1-21-11-7-6-10(20)14-15(11)19(25-5)17-13(23-3)9-8-12(22-2)16(17)18(14)24-4/h6-9,20H,1-5H3. The molecular formula is C19H20O6. The molecule has 0 atom stereocenters. The summed E-state index contributed by atoms with van der Waals surface area (Å²) in [7, 11) is 7.81. The van der Waals surface area contributed by atoms with Gasteiger partial charge in [-0.15, -0.1) is 0 Å². The lowest BCUT2D eigenvalue weighted by Crippen LogP contribution is -1.99. The smallest absolute Gasteiger partial charge is 0.142 e. The van der Waals surface area contributed by atoms with Crippen LogP contribution in [0.1, 0.15) is 0 Å². The molecule has 0 spiro atoms. The van der Waals surface area contributed by atoms with Gasteiger partial charge in [-0.1, -0.05) is 0 Å². The molecule has 3 rings (SSSR count). The van der Waals surface area contributed by atoms with E-state index in [1.807, 2.05) is 0 Å². The summed E-state index contributed by atoms with van der Waals surface area (Å²) in [4.78, 5) is 0. The Morgan fingerprint density at radius 2 is 0.880 bits per heavy atom. The highest BCUT2D eigenvalue weighted by Crippen LogP contribution is 2.54. The molecule has 0 bridgehead atoms. The number of phenols is 1. The number of hydrogen-bond donors (Lipinski definition) is 1. The van der Waals surface area contributed by atoms with E-state index in [0.717, 1.165) is 0 Å². The molecule has 6 heteroatoms. The quantitative estimate of drug-likeness (QED) is 0.711. The maximum atomic E-state index is 10.5. The molecular weight excluding hydrogens is 324 g/mol. The van der Waals surface area contributed by atoms with Crippen LogP contribution < -0.4 is 23.7 Å². The normalized spacial score (nSPS) is 10.8. The van der Waals surface area contributed by atoms with Crippen molar-refractivity contribution in [2.45, 2.75) is 0 Å². The van der Waals surface area contributed by atoms with Crippen molar-refractivity contribution < 1.29 is 28.8 Å². The molecule has 25 heavy (non-hydrogen) atoms. The van der Waals surface area contributed by atoms with Gasteiger partial charge in [0.05, 0.1) is 57.1 Å². The van der Waals surface area contributed by atoms with E-state index < -0.39 is 0 Å². The highest BCUT2D eigenvalue weighted by atomic mass is 16.5. The van der Waals surface area contributed by atoms with Crippen LogP contribution in [0.4, 0.5) is 0 Å². The van der Waals surface area contributed by atoms with E-state index >= 15 is 0 Å². The number of hydrogen-bond acceptors (Lipinski definition) is 6. The molecule has 0 saturated carbocycles. The number of rotatable bonds is 5. The molecule has 0 fully saturated rings. The van der Waals surface area contributed by atoms with Crippen LogP contribution in [0.5, 0.6) is 34.5 Å². The van der Waals surface area contributed by atoms with Crippen LogP contribution in [-0.2, 0) is 0 Å². The minimum Gasteiger partial charge on any atom is -0.507 e. The van der Waals surface area contributed by atoms with Crippen molar-refractivity contribution in [3.63, 3.8) is 0 Å². The molecule has 0 aliphatic carbocycles. The van der Waals surface area contributed by atoms with Gasteiger partial charge in [-0.2, -0.15) is 0 Å². The molecule has 0 unspecified atom stereocenters. The fourth-order valence-electron chi connectivity index (χ4n) is 3.21. The van der Waals surface area contributed by atoms with Crippen LogP contribution in [0.3, 0.4) is 0 Å². The topological polar surface area (TPSA) is 66.4 Å². The Balaban J connectivity index is 2.74. The van der Waals surface area contributed by atoms with Crippen molar-refractivity contribution >= 4 is 21.5 Å². The highest BCUT2D eigenvalue weighted by Gasteiger charge is 2.25. The van der Waals surface area contributed by atoms with Crippen molar-refractivity contribution in [3.8, 4) is 34.5 Å². The van der Waals surface area contributed by atoms with Gasteiger partial charge >= 0.3 is 0 Å². The Hall–Kier alpha value is -3.02. The number of aromatic hydroxyl groups is 1. The molecule has 0 amide bonds. The maximum absolute atomic E-state index is 10.5. The third kappa shape index (κ3) is 2.33. The minimum atomic E-state index is 0.0534. The van der Waals surface area contributed by atoms with E-state index in [1.54, 1.807) is 59.8 Å². The van der Waals surface area contributed by atoms with E-state index in [0.29, 0.717) is 50.3 Å². The van der Waals surface area contributed by atoms with Crippen LogP contribution >= 0.6 is 0 Å². The van der Waals surface area contributed by atoms with E-state index in [4.69, 9.17) is 23.7 Å². The van der Waals surface area contributed by atoms with Crippen LogP contribution in [0.2, 0.25) is 0 Å². The number of fused-ring (bicyclic) bond motifs is 2. The molecule has 0 saturated heterocycles. The second-order valence-corrected chi connectivity index (χ2v) is 5.32. The summed E-state index contributed by atoms with van der Waals surface area (Å²) in [5, 5.41) is 12.9. The molecule has 1 N–H and O–H groups in total. The van der Waals surface area contributed by atoms with E-state index in [-0.39, 0.29) is 5.75 Å². The highest BCUT2D eigenvalue weighted by molar-refractivity contribution is 6.18. The van der Waals surface area contributed by atoms with Gasteiger partial charge in [-0.3, -0.25) is 0 Å². The lowest BCUT2D eigenvalue weighted by molar-refractivity contribution is 0.391. The Morgan fingerprint density at radius 3 is 1.28 bits per heavy atom. The molecule has 0 aromatic heterocycles. The summed E-state index contributed by atoms with van der Waals surface area (Å²) >= 11 is 0. The summed E-state index contributed by atoms with van der Waals surface area (Å²) in [6.07, 6.45) is 0. The van der Waals surface area contributed by atoms with Gasteiger partial charge in [0.1, 0.15) is 34.5 Å². The second-order valence-electron chi connectivity index (χ2n) is 5.32. The van der Waals surface area contributed by atoms with Crippen molar-refractivity contribution in [2.75, 3.05) is 35.5 Å². The summed E-state index contributed by atoms with van der Waals surface area (Å²) in [6.45, 7) is 0. The van der Waals surface area contributed by atoms with Crippen LogP contribution in [0.25, 0.3) is 21.5 Å². The minimum absolute atomic E-state index is 0.0534. The van der Waals surface area contributed by atoms with Crippen molar-refractivity contribution in [1.82, 2.24) is 0 Å². The van der Waals surface area contributed by atoms with Gasteiger partial charge in [0.2, 0.25) is 0 Å². The van der Waals surface area contributed by atoms with Gasteiger partial charge in [0, 0.05) is 0 Å². The summed E-state index contributed by atoms with van der Waals surface area (Å²) in [5.41, 5.74) is 0. The molecule has 0 aliphatic rings. The van der Waals surface area contributed by atoms with Gasteiger partial charge in [-0.05, 0) is 24.3 Å². The second kappa shape index (κ2) is 6.47. The Labute approximate surface area is 145 Å². The van der Waals surface area contributed by atoms with Crippen LogP contribution in [0, 0.1) is 0 Å². The van der Waals surface area contributed by atoms with E-state index in [1.165, 1.54) is 0 Å². The van der Waals surface area contributed by atoms with E-state index in [2.05, 4.69) is 0 Å². The number of phenolic OH excluding ortho intramolecular Hbond substituents is 1. The summed E-state index contributed by atoms with van der Waals surface area (Å²) < 4.78 is 27.9. The maximum Gasteiger partial charge on any atom is 0.142 e. The third-order valence-corrected chi connectivity index (χ3v) is 4.25. The first-order chi connectivity index (χ1) is 12.1. The fourth-order valence-corrected chi connectivity index (χ4v) is 3.21. The van der Waals surface area contributed by atoms with Gasteiger partial charge in [0.15, 0.2) is 0 Å². The first-order valence-corrected chi connectivity index (χ1v) is 7.61. The van der Waals surface area contributed by atoms with Gasteiger partial charge < -0.3 is 28.8 Å².